The molecule has 2 aliphatic rings. The zero-order valence-corrected chi connectivity index (χ0v) is 13.4. The summed E-state index contributed by atoms with van der Waals surface area (Å²) in [6.45, 7) is 1.40. The van der Waals surface area contributed by atoms with E-state index in [1.165, 1.54) is 0 Å². The van der Waals surface area contributed by atoms with E-state index in [0.29, 0.717) is 17.3 Å². The number of nitrogens with one attached hydrogen (secondary N) is 1. The van der Waals surface area contributed by atoms with E-state index in [9.17, 15) is 9.59 Å². The molecule has 1 aromatic carbocycles. The number of amides is 3. The molecule has 22 heavy (non-hydrogen) atoms. The number of likely N-dealkylation sites (tertiary alicyclic amines) is 2. The first-order valence-corrected chi connectivity index (χ1v) is 8.00. The summed E-state index contributed by atoms with van der Waals surface area (Å²) in [6.07, 6.45) is 3.31. The molecule has 2 fully saturated rings. The standard InChI is InChI=1S/C16H20ClN3O2/c1-19-10-2-8-16(14(19)21)9-3-11-20(16)15(22)18-13-6-4-12(17)5-7-13/h4-7H,2-3,8-11H2,1H3,(H,18,22). The predicted molar refractivity (Wildman–Crippen MR) is 86.0 cm³/mol. The van der Waals surface area contributed by atoms with Gasteiger partial charge in [0.25, 0.3) is 0 Å². The van der Waals surface area contributed by atoms with Gasteiger partial charge in [0, 0.05) is 30.8 Å². The van der Waals surface area contributed by atoms with Gasteiger partial charge >= 0.3 is 6.03 Å². The molecular formula is C16H20ClN3O2. The van der Waals surface area contributed by atoms with Crippen LogP contribution in [0.3, 0.4) is 0 Å². The van der Waals surface area contributed by atoms with Crippen LogP contribution in [0.4, 0.5) is 10.5 Å². The van der Waals surface area contributed by atoms with Gasteiger partial charge in [-0.05, 0) is 49.9 Å². The highest BCUT2D eigenvalue weighted by molar-refractivity contribution is 6.30. The lowest BCUT2D eigenvalue weighted by atomic mass is 9.86. The zero-order chi connectivity index (χ0) is 15.7. The van der Waals surface area contributed by atoms with E-state index >= 15 is 0 Å². The first kappa shape index (κ1) is 15.2. The van der Waals surface area contributed by atoms with Crippen LogP contribution >= 0.6 is 11.6 Å². The third kappa shape index (κ3) is 2.54. The van der Waals surface area contributed by atoms with Gasteiger partial charge in [0.1, 0.15) is 5.54 Å². The van der Waals surface area contributed by atoms with Crippen molar-refractivity contribution < 1.29 is 9.59 Å². The molecule has 118 valence electrons. The van der Waals surface area contributed by atoms with Crippen molar-refractivity contribution in [2.75, 3.05) is 25.5 Å². The number of rotatable bonds is 1. The van der Waals surface area contributed by atoms with Crippen molar-refractivity contribution in [2.24, 2.45) is 0 Å². The fourth-order valence-corrected chi connectivity index (χ4v) is 3.68. The van der Waals surface area contributed by atoms with Crippen LogP contribution in [0.25, 0.3) is 0 Å². The van der Waals surface area contributed by atoms with Crippen LogP contribution in [0.2, 0.25) is 5.02 Å². The summed E-state index contributed by atoms with van der Waals surface area (Å²) in [4.78, 5) is 28.8. The molecule has 0 bridgehead atoms. The van der Waals surface area contributed by atoms with Crippen LogP contribution in [0.15, 0.2) is 24.3 Å². The van der Waals surface area contributed by atoms with Gasteiger partial charge in [0.05, 0.1) is 0 Å². The number of piperidine rings is 1. The van der Waals surface area contributed by atoms with Crippen LogP contribution in [0.1, 0.15) is 25.7 Å². The van der Waals surface area contributed by atoms with Crippen molar-refractivity contribution in [3.63, 3.8) is 0 Å². The number of anilines is 1. The Kier molecular flexibility index (Phi) is 4.00. The summed E-state index contributed by atoms with van der Waals surface area (Å²) in [5.41, 5.74) is 0.0387. The van der Waals surface area contributed by atoms with Gasteiger partial charge in [0.15, 0.2) is 0 Å². The maximum absolute atomic E-state index is 12.6. The van der Waals surface area contributed by atoms with Gasteiger partial charge in [-0.2, -0.15) is 0 Å². The third-order valence-electron chi connectivity index (χ3n) is 4.66. The molecule has 3 amide bonds. The third-order valence-corrected chi connectivity index (χ3v) is 4.91. The molecule has 1 atom stereocenters. The zero-order valence-electron chi connectivity index (χ0n) is 12.6. The first-order chi connectivity index (χ1) is 10.5. The van der Waals surface area contributed by atoms with Gasteiger partial charge in [0.2, 0.25) is 5.91 Å². The minimum atomic E-state index is -0.649. The molecule has 0 aromatic heterocycles. The Labute approximate surface area is 135 Å². The number of carbonyl (C=O) groups is 2. The van der Waals surface area contributed by atoms with E-state index in [-0.39, 0.29) is 11.9 Å². The minimum absolute atomic E-state index is 0.0718. The van der Waals surface area contributed by atoms with Crippen LogP contribution in [-0.4, -0.2) is 47.4 Å². The number of halogens is 1. The first-order valence-electron chi connectivity index (χ1n) is 7.63. The summed E-state index contributed by atoms with van der Waals surface area (Å²) >= 11 is 5.85. The van der Waals surface area contributed by atoms with Gasteiger partial charge in [-0.1, -0.05) is 11.6 Å². The van der Waals surface area contributed by atoms with Crippen LogP contribution in [-0.2, 0) is 4.79 Å². The van der Waals surface area contributed by atoms with E-state index < -0.39 is 5.54 Å². The van der Waals surface area contributed by atoms with Crippen molar-refractivity contribution in [3.8, 4) is 0 Å². The predicted octanol–water partition coefficient (Wildman–Crippen LogP) is 2.96. The quantitative estimate of drug-likeness (QED) is 0.864. The number of urea groups is 1. The van der Waals surface area contributed by atoms with Crippen molar-refractivity contribution in [2.45, 2.75) is 31.2 Å². The van der Waals surface area contributed by atoms with E-state index in [1.807, 2.05) is 7.05 Å². The number of likely N-dealkylation sites (N-methyl/N-ethyl adjacent to an activating group) is 1. The summed E-state index contributed by atoms with van der Waals surface area (Å²) in [5.74, 6) is 0.0718. The number of hydrogen-bond donors (Lipinski definition) is 1. The molecule has 3 rings (SSSR count). The Morgan fingerprint density at radius 2 is 1.82 bits per heavy atom. The molecule has 2 saturated heterocycles. The molecule has 2 heterocycles. The second-order valence-corrected chi connectivity index (χ2v) is 6.49. The second kappa shape index (κ2) is 5.80. The Hall–Kier alpha value is -1.75. The van der Waals surface area contributed by atoms with Gasteiger partial charge in [-0.3, -0.25) is 4.79 Å². The maximum Gasteiger partial charge on any atom is 0.322 e. The lowest BCUT2D eigenvalue weighted by molar-refractivity contribution is -0.143. The summed E-state index contributed by atoms with van der Waals surface area (Å²) < 4.78 is 0. The molecule has 1 N–H and O–H groups in total. The van der Waals surface area contributed by atoms with Crippen molar-refractivity contribution >= 4 is 29.2 Å². The van der Waals surface area contributed by atoms with Crippen LogP contribution < -0.4 is 5.32 Å². The molecular weight excluding hydrogens is 302 g/mol. The van der Waals surface area contributed by atoms with Gasteiger partial charge in [-0.15, -0.1) is 0 Å². The lowest BCUT2D eigenvalue weighted by Crippen LogP contribution is -2.61. The molecule has 0 saturated carbocycles. The molecule has 5 nitrogen and oxygen atoms in total. The Morgan fingerprint density at radius 1 is 1.18 bits per heavy atom. The highest BCUT2D eigenvalue weighted by Gasteiger charge is 2.52. The molecule has 0 aliphatic carbocycles. The molecule has 1 spiro atoms. The average molecular weight is 322 g/mol. The molecule has 2 aliphatic heterocycles. The van der Waals surface area contributed by atoms with E-state index in [0.717, 1.165) is 32.2 Å². The number of hydrogen-bond acceptors (Lipinski definition) is 2. The topological polar surface area (TPSA) is 52.6 Å². The van der Waals surface area contributed by atoms with E-state index in [1.54, 1.807) is 34.1 Å². The summed E-state index contributed by atoms with van der Waals surface area (Å²) in [6, 6.07) is 6.78. The maximum atomic E-state index is 12.6. The van der Waals surface area contributed by atoms with Gasteiger partial charge in [-0.25, -0.2) is 4.79 Å². The molecule has 6 heteroatoms. The highest BCUT2D eigenvalue weighted by Crippen LogP contribution is 2.38. The lowest BCUT2D eigenvalue weighted by Gasteiger charge is -2.43. The molecule has 0 radical (unpaired) electrons. The number of nitrogens with zero attached hydrogens (tertiary/aromatic N) is 2. The average Bonchev–Trinajstić information content (AvgIpc) is 2.92. The Balaban J connectivity index is 1.79. The van der Waals surface area contributed by atoms with E-state index in [4.69, 9.17) is 11.6 Å². The van der Waals surface area contributed by atoms with Crippen molar-refractivity contribution in [1.29, 1.82) is 0 Å². The summed E-state index contributed by atoms with van der Waals surface area (Å²) in [5, 5.41) is 3.50. The minimum Gasteiger partial charge on any atom is -0.344 e. The van der Waals surface area contributed by atoms with Crippen molar-refractivity contribution in [1.82, 2.24) is 9.80 Å². The van der Waals surface area contributed by atoms with Crippen LogP contribution in [0.5, 0.6) is 0 Å². The number of benzene rings is 1. The fraction of sp³-hybridized carbons (Fsp3) is 0.500. The largest absolute Gasteiger partial charge is 0.344 e. The molecule has 1 unspecified atom stereocenters. The normalized spacial score (nSPS) is 24.9. The Morgan fingerprint density at radius 3 is 2.50 bits per heavy atom. The van der Waals surface area contributed by atoms with Crippen LogP contribution in [0, 0.1) is 0 Å². The molecule has 1 aromatic rings. The smallest absolute Gasteiger partial charge is 0.322 e. The highest BCUT2D eigenvalue weighted by atomic mass is 35.5. The van der Waals surface area contributed by atoms with E-state index in [2.05, 4.69) is 5.32 Å². The van der Waals surface area contributed by atoms with Gasteiger partial charge < -0.3 is 15.1 Å². The second-order valence-electron chi connectivity index (χ2n) is 6.05. The monoisotopic (exact) mass is 321 g/mol. The SMILES string of the molecule is CN1CCCC2(CCCN2C(=O)Nc2ccc(Cl)cc2)C1=O. The van der Waals surface area contributed by atoms with Crippen molar-refractivity contribution in [3.05, 3.63) is 29.3 Å². The number of carbonyl (C=O) groups excluding carboxylic acids is 2. The Bertz CT molecular complexity index is 590. The fourth-order valence-electron chi connectivity index (χ4n) is 3.55. The summed E-state index contributed by atoms with van der Waals surface area (Å²) in [7, 11) is 1.82.